The molecule has 30 heavy (non-hydrogen) atoms. The molecule has 9 heteroatoms. The van der Waals surface area contributed by atoms with Crippen molar-refractivity contribution in [1.29, 1.82) is 0 Å². The zero-order valence-corrected chi connectivity index (χ0v) is 17.8. The number of methoxy groups -OCH3 is 1. The highest BCUT2D eigenvalue weighted by Crippen LogP contribution is 2.36. The molecular formula is C21H25ClN6O2. The minimum absolute atomic E-state index is 0.125. The first-order chi connectivity index (χ1) is 14.5. The molecule has 1 aliphatic rings. The zero-order chi connectivity index (χ0) is 21.3. The normalized spacial score (nSPS) is 17.9. The first-order valence-corrected chi connectivity index (χ1v) is 10.3. The van der Waals surface area contributed by atoms with E-state index in [0.717, 1.165) is 37.0 Å². The van der Waals surface area contributed by atoms with Crippen molar-refractivity contribution >= 4 is 39.9 Å². The minimum atomic E-state index is -0.577. The van der Waals surface area contributed by atoms with Crippen molar-refractivity contribution in [3.63, 3.8) is 0 Å². The van der Waals surface area contributed by atoms with Gasteiger partial charge in [0.25, 0.3) is 5.91 Å². The molecule has 4 rings (SSSR count). The second-order valence-electron chi connectivity index (χ2n) is 7.47. The predicted octanol–water partition coefficient (Wildman–Crippen LogP) is 2.97. The molecule has 1 amide bonds. The largest absolute Gasteiger partial charge is 0.372 e. The fourth-order valence-electron chi connectivity index (χ4n) is 3.78. The summed E-state index contributed by atoms with van der Waals surface area (Å²) in [6, 6.07) is 5.67. The van der Waals surface area contributed by atoms with Gasteiger partial charge < -0.3 is 20.7 Å². The molecule has 1 saturated heterocycles. The van der Waals surface area contributed by atoms with E-state index in [-0.39, 0.29) is 11.9 Å². The molecule has 2 atom stereocenters. The van der Waals surface area contributed by atoms with Crippen molar-refractivity contribution < 1.29 is 9.53 Å². The zero-order valence-electron chi connectivity index (χ0n) is 17.0. The third kappa shape index (κ3) is 3.86. The van der Waals surface area contributed by atoms with Gasteiger partial charge in [-0.25, -0.2) is 9.97 Å². The molecule has 0 saturated carbocycles. The van der Waals surface area contributed by atoms with Crippen molar-refractivity contribution in [2.24, 2.45) is 5.73 Å². The maximum absolute atomic E-state index is 12.3. The quantitative estimate of drug-likeness (QED) is 0.648. The van der Waals surface area contributed by atoms with Gasteiger partial charge in [0, 0.05) is 44.0 Å². The lowest BCUT2D eigenvalue weighted by Gasteiger charge is -2.33. The third-order valence-electron chi connectivity index (χ3n) is 5.41. The first-order valence-electron chi connectivity index (χ1n) is 9.94. The molecule has 0 aromatic carbocycles. The molecule has 3 N–H and O–H groups in total. The summed E-state index contributed by atoms with van der Waals surface area (Å²) in [5.74, 6) is 0.322. The summed E-state index contributed by atoms with van der Waals surface area (Å²) in [4.78, 5) is 23.6. The molecular weight excluding hydrogens is 404 g/mol. The second-order valence-corrected chi connectivity index (χ2v) is 7.88. The lowest BCUT2D eigenvalue weighted by atomic mass is 10.1. The van der Waals surface area contributed by atoms with Gasteiger partial charge in [-0.3, -0.25) is 9.36 Å². The Labute approximate surface area is 180 Å². The average Bonchev–Trinajstić information content (AvgIpc) is 3.17. The van der Waals surface area contributed by atoms with E-state index in [1.165, 1.54) is 7.11 Å². The molecule has 0 spiro atoms. The maximum Gasteiger partial charge on any atom is 0.253 e. The van der Waals surface area contributed by atoms with Crippen molar-refractivity contribution in [2.45, 2.75) is 31.9 Å². The number of fused-ring (bicyclic) bond motifs is 1. The Hall–Kier alpha value is -2.68. The van der Waals surface area contributed by atoms with E-state index in [4.69, 9.17) is 22.1 Å². The van der Waals surface area contributed by atoms with Crippen LogP contribution in [0.2, 0.25) is 5.02 Å². The highest BCUT2D eigenvalue weighted by molar-refractivity contribution is 6.34. The van der Waals surface area contributed by atoms with Gasteiger partial charge in [-0.15, -0.1) is 0 Å². The number of nitrogens with one attached hydrogen (secondary N) is 1. The van der Waals surface area contributed by atoms with Crippen molar-refractivity contribution in [1.82, 2.24) is 14.5 Å². The van der Waals surface area contributed by atoms with E-state index in [1.807, 2.05) is 16.8 Å². The van der Waals surface area contributed by atoms with E-state index in [0.29, 0.717) is 22.2 Å². The van der Waals surface area contributed by atoms with Crippen LogP contribution >= 0.6 is 11.6 Å². The molecule has 0 unspecified atom stereocenters. The van der Waals surface area contributed by atoms with E-state index in [9.17, 15) is 4.79 Å². The summed E-state index contributed by atoms with van der Waals surface area (Å²) in [5.41, 5.74) is 8.41. The number of carbonyl (C=O) groups excluding carboxylic acids is 1. The van der Waals surface area contributed by atoms with Crippen molar-refractivity contribution in [2.75, 3.05) is 30.4 Å². The standard InChI is InChI=1S/C21H25ClN6O2/c1-13(30-2)21(29)26-17-6-3-8-24-20(17)28-10-7-15-18(16(22)11-25-19(15)28)27-9-4-5-14(23)12-27/h3,6-8,10-11,13-14H,4-5,9,12,23H2,1-2H3,(H,26,29)/t13-,14-/m1/s1. The van der Waals surface area contributed by atoms with E-state index in [2.05, 4.69) is 20.2 Å². The fourth-order valence-corrected chi connectivity index (χ4v) is 4.05. The van der Waals surface area contributed by atoms with Crippen LogP contribution in [0.25, 0.3) is 16.9 Å². The van der Waals surface area contributed by atoms with Gasteiger partial charge in [0.05, 0.1) is 22.6 Å². The molecule has 1 fully saturated rings. The number of nitrogens with zero attached hydrogens (tertiary/aromatic N) is 4. The molecule has 158 valence electrons. The highest BCUT2D eigenvalue weighted by Gasteiger charge is 2.23. The Morgan fingerprint density at radius 3 is 3.00 bits per heavy atom. The van der Waals surface area contributed by atoms with Crippen LogP contribution in [-0.4, -0.2) is 52.8 Å². The number of pyridine rings is 2. The van der Waals surface area contributed by atoms with Gasteiger partial charge in [0.15, 0.2) is 5.82 Å². The molecule has 0 aliphatic carbocycles. The summed E-state index contributed by atoms with van der Waals surface area (Å²) in [7, 11) is 1.50. The number of carbonyl (C=O) groups is 1. The van der Waals surface area contributed by atoms with Crippen LogP contribution in [0.1, 0.15) is 19.8 Å². The van der Waals surface area contributed by atoms with Crippen LogP contribution in [0.5, 0.6) is 0 Å². The number of halogens is 1. The number of rotatable bonds is 5. The van der Waals surface area contributed by atoms with Gasteiger partial charge in [0.1, 0.15) is 11.8 Å². The van der Waals surface area contributed by atoms with Gasteiger partial charge in [-0.2, -0.15) is 0 Å². The summed E-state index contributed by atoms with van der Waals surface area (Å²) in [6.07, 6.45) is 6.68. The Morgan fingerprint density at radius 1 is 1.40 bits per heavy atom. The number of piperidine rings is 1. The van der Waals surface area contributed by atoms with Crippen LogP contribution in [0, 0.1) is 0 Å². The van der Waals surface area contributed by atoms with Gasteiger partial charge >= 0.3 is 0 Å². The fraction of sp³-hybridized carbons (Fsp3) is 0.381. The van der Waals surface area contributed by atoms with Crippen molar-refractivity contribution in [3.8, 4) is 5.82 Å². The van der Waals surface area contributed by atoms with Crippen LogP contribution in [-0.2, 0) is 9.53 Å². The molecule has 0 radical (unpaired) electrons. The first kappa shape index (κ1) is 20.6. The Balaban J connectivity index is 1.77. The van der Waals surface area contributed by atoms with Crippen LogP contribution in [0.4, 0.5) is 11.4 Å². The number of ether oxygens (including phenoxy) is 1. The lowest BCUT2D eigenvalue weighted by Crippen LogP contribution is -2.43. The summed E-state index contributed by atoms with van der Waals surface area (Å²) in [5, 5.41) is 4.40. The number of aromatic nitrogens is 3. The molecule has 0 bridgehead atoms. The number of hydrogen-bond donors (Lipinski definition) is 2. The highest BCUT2D eigenvalue weighted by atomic mass is 35.5. The van der Waals surface area contributed by atoms with Gasteiger partial charge in [-0.1, -0.05) is 11.6 Å². The topological polar surface area (TPSA) is 98.3 Å². The average molecular weight is 429 g/mol. The molecule has 3 aromatic heterocycles. The SMILES string of the molecule is CO[C@H](C)C(=O)Nc1cccnc1-n1ccc2c(N3CCC[C@@H](N)C3)c(Cl)cnc21. The minimum Gasteiger partial charge on any atom is -0.372 e. The van der Waals surface area contributed by atoms with Crippen LogP contribution in [0.3, 0.4) is 0 Å². The van der Waals surface area contributed by atoms with Crippen molar-refractivity contribution in [3.05, 3.63) is 41.8 Å². The summed E-state index contributed by atoms with van der Waals surface area (Å²) in [6.45, 7) is 3.34. The molecule has 1 aliphatic heterocycles. The molecule has 4 heterocycles. The van der Waals surface area contributed by atoms with E-state index in [1.54, 1.807) is 31.5 Å². The maximum atomic E-state index is 12.3. The van der Waals surface area contributed by atoms with Crippen LogP contribution in [0.15, 0.2) is 36.8 Å². The summed E-state index contributed by atoms with van der Waals surface area (Å²) >= 11 is 6.55. The smallest absolute Gasteiger partial charge is 0.253 e. The Kier molecular flexibility index (Phi) is 5.90. The van der Waals surface area contributed by atoms with E-state index < -0.39 is 6.10 Å². The Morgan fingerprint density at radius 2 is 2.23 bits per heavy atom. The number of nitrogens with two attached hydrogens (primary N) is 1. The monoisotopic (exact) mass is 428 g/mol. The molecule has 3 aromatic rings. The van der Waals surface area contributed by atoms with Crippen LogP contribution < -0.4 is 16.0 Å². The van der Waals surface area contributed by atoms with Gasteiger partial charge in [-0.05, 0) is 38.0 Å². The number of hydrogen-bond acceptors (Lipinski definition) is 6. The predicted molar refractivity (Wildman–Crippen MR) is 118 cm³/mol. The lowest BCUT2D eigenvalue weighted by molar-refractivity contribution is -0.124. The number of amides is 1. The van der Waals surface area contributed by atoms with Gasteiger partial charge in [0.2, 0.25) is 0 Å². The Bertz CT molecular complexity index is 1070. The number of anilines is 2. The second kappa shape index (κ2) is 8.59. The molecule has 8 nitrogen and oxygen atoms in total. The van der Waals surface area contributed by atoms with E-state index >= 15 is 0 Å². The third-order valence-corrected chi connectivity index (χ3v) is 5.69. The summed E-state index contributed by atoms with van der Waals surface area (Å²) < 4.78 is 6.96.